The smallest absolute Gasteiger partial charge is 0.252 e. The Morgan fingerprint density at radius 1 is 0.968 bits per heavy atom. The highest BCUT2D eigenvalue weighted by Gasteiger charge is 2.25. The third kappa shape index (κ3) is 3.59. The van der Waals surface area contributed by atoms with E-state index in [2.05, 4.69) is 61.3 Å². The van der Waals surface area contributed by atoms with Crippen molar-refractivity contribution in [1.29, 1.82) is 0 Å². The van der Waals surface area contributed by atoms with Crippen molar-refractivity contribution in [3.05, 3.63) is 65.4 Å². The van der Waals surface area contributed by atoms with Gasteiger partial charge in [-0.3, -0.25) is 4.79 Å². The summed E-state index contributed by atoms with van der Waals surface area (Å²) in [5, 5.41) is 3.26. The number of thiophene rings is 1. The molecule has 0 atom stereocenters. The van der Waals surface area contributed by atoms with Gasteiger partial charge in [-0.2, -0.15) is 0 Å². The number of amides is 1. The van der Waals surface area contributed by atoms with Crippen LogP contribution in [0.5, 0.6) is 0 Å². The lowest BCUT2D eigenvalue weighted by molar-refractivity contribution is 0.100. The lowest BCUT2D eigenvalue weighted by Crippen LogP contribution is -2.47. The van der Waals surface area contributed by atoms with Gasteiger partial charge < -0.3 is 15.5 Å². The first-order valence-electron chi connectivity index (χ1n) is 10.2. The van der Waals surface area contributed by atoms with Crippen LogP contribution in [-0.2, 0) is 0 Å². The van der Waals surface area contributed by atoms with Crippen molar-refractivity contribution in [2.75, 3.05) is 36.0 Å². The summed E-state index contributed by atoms with van der Waals surface area (Å²) >= 11 is 1.64. The summed E-state index contributed by atoms with van der Waals surface area (Å²) < 4.78 is 0. The molecule has 7 nitrogen and oxygen atoms in total. The predicted molar refractivity (Wildman–Crippen MR) is 125 cm³/mol. The van der Waals surface area contributed by atoms with Crippen molar-refractivity contribution in [2.45, 2.75) is 6.92 Å². The zero-order valence-corrected chi connectivity index (χ0v) is 18.0. The third-order valence-electron chi connectivity index (χ3n) is 5.64. The Morgan fingerprint density at radius 2 is 1.68 bits per heavy atom. The van der Waals surface area contributed by atoms with E-state index < -0.39 is 5.91 Å². The number of carbonyl (C=O) groups excluding carboxylic acids is 1. The predicted octanol–water partition coefficient (Wildman–Crippen LogP) is 3.49. The Labute approximate surface area is 184 Å². The maximum atomic E-state index is 11.8. The van der Waals surface area contributed by atoms with Crippen LogP contribution in [0.4, 0.5) is 11.6 Å². The van der Waals surface area contributed by atoms with E-state index in [1.807, 2.05) is 0 Å². The minimum absolute atomic E-state index is 0.455. The number of hydrogen-bond donors (Lipinski definition) is 1. The van der Waals surface area contributed by atoms with Crippen LogP contribution in [0.3, 0.4) is 0 Å². The molecule has 0 radical (unpaired) electrons. The zero-order valence-electron chi connectivity index (χ0n) is 17.2. The molecule has 1 aliphatic heterocycles. The molecule has 3 aromatic heterocycles. The number of fused-ring (bicyclic) bond motifs is 1. The number of aryl methyl sites for hydroxylation is 1. The highest BCUT2D eigenvalue weighted by molar-refractivity contribution is 7.17. The molecule has 0 saturated carbocycles. The molecular weight excluding hydrogens is 408 g/mol. The molecule has 156 valence electrons. The molecule has 8 heteroatoms. The number of nitrogens with two attached hydrogens (primary N) is 1. The molecule has 1 aromatic carbocycles. The van der Waals surface area contributed by atoms with Gasteiger partial charge >= 0.3 is 0 Å². The van der Waals surface area contributed by atoms with E-state index in [1.54, 1.807) is 36.0 Å². The summed E-state index contributed by atoms with van der Waals surface area (Å²) in [7, 11) is 0. The second-order valence-electron chi connectivity index (χ2n) is 7.61. The van der Waals surface area contributed by atoms with E-state index in [9.17, 15) is 4.79 Å². The molecule has 0 unspecified atom stereocenters. The minimum Gasteiger partial charge on any atom is -0.365 e. The first kappa shape index (κ1) is 19.4. The molecular formula is C23H22N6OS. The molecule has 0 spiro atoms. The van der Waals surface area contributed by atoms with Crippen LogP contribution in [0.15, 0.2) is 54.3 Å². The molecule has 2 N–H and O–H groups in total. The molecule has 0 bridgehead atoms. The van der Waals surface area contributed by atoms with E-state index >= 15 is 0 Å². The SMILES string of the molecule is Cc1ccc(-c2csc3ncnc(N4CCN(c5ncccc5C(N)=O)CC4)c23)cc1. The van der Waals surface area contributed by atoms with Crippen molar-refractivity contribution in [1.82, 2.24) is 15.0 Å². The Balaban J connectivity index is 1.45. The number of pyridine rings is 1. The van der Waals surface area contributed by atoms with E-state index in [0.29, 0.717) is 11.4 Å². The van der Waals surface area contributed by atoms with Gasteiger partial charge in [-0.1, -0.05) is 29.8 Å². The average molecular weight is 431 g/mol. The fraction of sp³-hybridized carbons (Fsp3) is 0.217. The van der Waals surface area contributed by atoms with Gasteiger partial charge in [0.1, 0.15) is 22.8 Å². The Kier molecular flexibility index (Phi) is 4.99. The Morgan fingerprint density at radius 3 is 2.39 bits per heavy atom. The lowest BCUT2D eigenvalue weighted by Gasteiger charge is -2.36. The molecule has 5 rings (SSSR count). The molecule has 0 aliphatic carbocycles. The number of primary amides is 1. The van der Waals surface area contributed by atoms with Crippen LogP contribution in [-0.4, -0.2) is 47.0 Å². The van der Waals surface area contributed by atoms with Crippen molar-refractivity contribution in [3.63, 3.8) is 0 Å². The van der Waals surface area contributed by atoms with Gasteiger partial charge in [0, 0.05) is 43.3 Å². The number of benzene rings is 1. The van der Waals surface area contributed by atoms with Crippen LogP contribution in [0.1, 0.15) is 15.9 Å². The van der Waals surface area contributed by atoms with E-state index in [1.165, 1.54) is 16.7 Å². The Bertz CT molecular complexity index is 1240. The number of nitrogens with zero attached hydrogens (tertiary/aromatic N) is 5. The number of piperazine rings is 1. The zero-order chi connectivity index (χ0) is 21.4. The van der Waals surface area contributed by atoms with Gasteiger partial charge in [0.25, 0.3) is 5.91 Å². The number of aromatic nitrogens is 3. The number of hydrogen-bond acceptors (Lipinski definition) is 7. The topological polar surface area (TPSA) is 88.2 Å². The number of carbonyl (C=O) groups is 1. The molecule has 4 aromatic rings. The number of rotatable bonds is 4. The minimum atomic E-state index is -0.455. The first-order valence-corrected chi connectivity index (χ1v) is 11.0. The van der Waals surface area contributed by atoms with Crippen molar-refractivity contribution >= 4 is 39.1 Å². The molecule has 31 heavy (non-hydrogen) atoms. The van der Waals surface area contributed by atoms with Gasteiger partial charge in [-0.25, -0.2) is 15.0 Å². The van der Waals surface area contributed by atoms with Crippen LogP contribution < -0.4 is 15.5 Å². The van der Waals surface area contributed by atoms with Crippen LogP contribution in [0, 0.1) is 6.92 Å². The van der Waals surface area contributed by atoms with Gasteiger partial charge in [0.05, 0.1) is 10.9 Å². The molecule has 4 heterocycles. The van der Waals surface area contributed by atoms with Gasteiger partial charge in [-0.15, -0.1) is 11.3 Å². The second-order valence-corrected chi connectivity index (χ2v) is 8.46. The summed E-state index contributed by atoms with van der Waals surface area (Å²) in [6.45, 7) is 5.09. The second kappa shape index (κ2) is 7.96. The lowest BCUT2D eigenvalue weighted by atomic mass is 10.0. The third-order valence-corrected chi connectivity index (χ3v) is 6.53. The largest absolute Gasteiger partial charge is 0.365 e. The van der Waals surface area contributed by atoms with Crippen LogP contribution in [0.2, 0.25) is 0 Å². The summed E-state index contributed by atoms with van der Waals surface area (Å²) in [5.74, 6) is 1.15. The van der Waals surface area contributed by atoms with E-state index in [-0.39, 0.29) is 0 Å². The van der Waals surface area contributed by atoms with Crippen molar-refractivity contribution in [2.24, 2.45) is 5.73 Å². The van der Waals surface area contributed by atoms with Gasteiger partial charge in [0.2, 0.25) is 0 Å². The molecule has 1 aliphatic rings. The quantitative estimate of drug-likeness (QED) is 0.533. The summed E-state index contributed by atoms with van der Waals surface area (Å²) in [6.07, 6.45) is 3.34. The van der Waals surface area contributed by atoms with E-state index in [0.717, 1.165) is 42.2 Å². The van der Waals surface area contributed by atoms with Crippen molar-refractivity contribution < 1.29 is 4.79 Å². The molecule has 1 saturated heterocycles. The van der Waals surface area contributed by atoms with Gasteiger partial charge in [-0.05, 0) is 24.6 Å². The van der Waals surface area contributed by atoms with Gasteiger partial charge in [0.15, 0.2) is 0 Å². The summed E-state index contributed by atoms with van der Waals surface area (Å²) in [6, 6.07) is 12.0. The maximum absolute atomic E-state index is 11.8. The number of anilines is 2. The fourth-order valence-corrected chi connectivity index (χ4v) is 4.93. The summed E-state index contributed by atoms with van der Waals surface area (Å²) in [5.41, 5.74) is 9.57. The van der Waals surface area contributed by atoms with Crippen molar-refractivity contribution in [3.8, 4) is 11.1 Å². The summed E-state index contributed by atoms with van der Waals surface area (Å²) in [4.78, 5) is 30.8. The Hall–Kier alpha value is -3.52. The first-order chi connectivity index (χ1) is 15.1. The fourth-order valence-electron chi connectivity index (χ4n) is 4.02. The van der Waals surface area contributed by atoms with E-state index in [4.69, 9.17) is 5.73 Å². The highest BCUT2D eigenvalue weighted by Crippen LogP contribution is 2.38. The maximum Gasteiger partial charge on any atom is 0.252 e. The molecule has 1 amide bonds. The van der Waals surface area contributed by atoms with Crippen LogP contribution in [0.25, 0.3) is 21.3 Å². The van der Waals surface area contributed by atoms with Crippen LogP contribution >= 0.6 is 11.3 Å². The highest BCUT2D eigenvalue weighted by atomic mass is 32.1. The monoisotopic (exact) mass is 430 g/mol. The standard InChI is InChI=1S/C23H22N6OS/c1-15-4-6-16(7-5-15)18-13-31-23-19(18)22(26-14-27-23)29-11-9-28(10-12-29)21-17(20(24)30)3-2-8-25-21/h2-8,13-14H,9-12H2,1H3,(H2,24,30). The normalized spacial score (nSPS) is 14.2. The average Bonchev–Trinajstić information content (AvgIpc) is 3.24. The molecule has 1 fully saturated rings.